The molecule has 0 saturated carbocycles. The van der Waals surface area contributed by atoms with E-state index >= 15 is 0 Å². The number of hydrogen-bond donors (Lipinski definition) is 2. The number of carboxylic acids is 1. The van der Waals surface area contributed by atoms with E-state index in [1.165, 1.54) is 0 Å². The van der Waals surface area contributed by atoms with Gasteiger partial charge < -0.3 is 10.2 Å². The standard InChI is InChI=1S/C2H4O2.C2H5.CH4O/c1-2(3)4;2*1-2/h1H3,(H,3,4);1H2,2H3;2H,1H3. The molecule has 0 amide bonds. The van der Waals surface area contributed by atoms with Crippen molar-refractivity contribution in [3.05, 3.63) is 6.92 Å². The second-order valence-corrected chi connectivity index (χ2v) is 0.519. The largest absolute Gasteiger partial charge is 0.481 e. The Morgan fingerprint density at radius 1 is 1.38 bits per heavy atom. The zero-order valence-corrected chi connectivity index (χ0v) is 5.51. The van der Waals surface area contributed by atoms with Crippen molar-refractivity contribution in [3.63, 3.8) is 0 Å². The highest BCUT2D eigenvalue weighted by Gasteiger charge is 1.65. The van der Waals surface area contributed by atoms with E-state index in [1.54, 1.807) is 6.92 Å². The fraction of sp³-hybridized carbons (Fsp3) is 0.600. The van der Waals surface area contributed by atoms with Gasteiger partial charge in [-0.15, -0.1) is 0 Å². The van der Waals surface area contributed by atoms with Gasteiger partial charge >= 0.3 is 0 Å². The first-order chi connectivity index (χ1) is 3.73. The van der Waals surface area contributed by atoms with Gasteiger partial charge in [-0.25, -0.2) is 0 Å². The van der Waals surface area contributed by atoms with E-state index in [0.717, 1.165) is 14.0 Å². The Balaban J connectivity index is -0.0000000542. The quantitative estimate of drug-likeness (QED) is 0.491. The van der Waals surface area contributed by atoms with E-state index in [1.807, 2.05) is 0 Å². The van der Waals surface area contributed by atoms with Crippen LogP contribution in [-0.2, 0) is 4.79 Å². The van der Waals surface area contributed by atoms with Crippen molar-refractivity contribution < 1.29 is 15.0 Å². The fourth-order valence-electron chi connectivity index (χ4n) is 0. The van der Waals surface area contributed by atoms with Gasteiger partial charge in [0, 0.05) is 14.0 Å². The zero-order chi connectivity index (χ0) is 7.58. The lowest BCUT2D eigenvalue weighted by atomic mass is 10.9. The number of aliphatic hydroxyl groups excluding tert-OH is 1. The highest BCUT2D eigenvalue weighted by atomic mass is 16.4. The van der Waals surface area contributed by atoms with Crippen molar-refractivity contribution in [3.8, 4) is 0 Å². The van der Waals surface area contributed by atoms with Crippen molar-refractivity contribution in [1.29, 1.82) is 0 Å². The highest BCUT2D eigenvalue weighted by Crippen LogP contribution is 1.42. The van der Waals surface area contributed by atoms with Crippen LogP contribution in [-0.4, -0.2) is 23.3 Å². The van der Waals surface area contributed by atoms with Crippen LogP contribution in [0.25, 0.3) is 0 Å². The molecule has 0 saturated heterocycles. The molecule has 3 heteroatoms. The molecule has 0 aromatic rings. The Bertz CT molecular complexity index is 30.7. The first-order valence-corrected chi connectivity index (χ1v) is 2.08. The molecular weight excluding hydrogens is 108 g/mol. The normalized spacial score (nSPS) is 4.62. The summed E-state index contributed by atoms with van der Waals surface area (Å²) in [5.74, 6) is -0.833. The Morgan fingerprint density at radius 3 is 1.38 bits per heavy atom. The molecule has 0 unspecified atom stereocenters. The Hall–Kier alpha value is -0.570. The molecule has 0 fully saturated rings. The minimum Gasteiger partial charge on any atom is -0.481 e. The number of rotatable bonds is 0. The van der Waals surface area contributed by atoms with Gasteiger partial charge in [-0.05, 0) is 0 Å². The van der Waals surface area contributed by atoms with Crippen LogP contribution in [0.15, 0.2) is 0 Å². The summed E-state index contributed by atoms with van der Waals surface area (Å²) in [5.41, 5.74) is 0. The van der Waals surface area contributed by atoms with E-state index < -0.39 is 5.97 Å². The average Bonchev–Trinajstić information content (AvgIpc) is 1.75. The smallest absolute Gasteiger partial charge is 0.300 e. The van der Waals surface area contributed by atoms with Crippen molar-refractivity contribution in [2.24, 2.45) is 0 Å². The summed E-state index contributed by atoms with van der Waals surface area (Å²) in [6.07, 6.45) is 0. The van der Waals surface area contributed by atoms with Gasteiger partial charge in [0.05, 0.1) is 0 Å². The van der Waals surface area contributed by atoms with Gasteiger partial charge in [0.1, 0.15) is 0 Å². The van der Waals surface area contributed by atoms with Crippen molar-refractivity contribution in [2.75, 3.05) is 7.11 Å². The highest BCUT2D eigenvalue weighted by molar-refractivity contribution is 5.62. The Labute approximate surface area is 50.0 Å². The zero-order valence-electron chi connectivity index (χ0n) is 5.51. The van der Waals surface area contributed by atoms with Gasteiger partial charge in [0.2, 0.25) is 0 Å². The van der Waals surface area contributed by atoms with Crippen LogP contribution in [0.2, 0.25) is 0 Å². The van der Waals surface area contributed by atoms with Gasteiger partial charge in [-0.2, -0.15) is 0 Å². The third-order valence-corrected chi connectivity index (χ3v) is 0. The topological polar surface area (TPSA) is 57.5 Å². The molecule has 0 atom stereocenters. The van der Waals surface area contributed by atoms with E-state index in [2.05, 4.69) is 6.92 Å². The van der Waals surface area contributed by atoms with Crippen LogP contribution in [0.5, 0.6) is 0 Å². The number of carboxylic acid groups (broad SMARTS) is 1. The maximum Gasteiger partial charge on any atom is 0.300 e. The monoisotopic (exact) mass is 121 g/mol. The van der Waals surface area contributed by atoms with Crippen LogP contribution < -0.4 is 0 Å². The van der Waals surface area contributed by atoms with E-state index in [-0.39, 0.29) is 0 Å². The molecule has 1 radical (unpaired) electrons. The predicted octanol–water partition coefficient (Wildman–Crippen LogP) is 0.540. The molecule has 0 aliphatic rings. The third-order valence-electron chi connectivity index (χ3n) is 0. The van der Waals surface area contributed by atoms with Gasteiger partial charge in [-0.1, -0.05) is 13.8 Å². The lowest BCUT2D eigenvalue weighted by Crippen LogP contribution is -1.78. The molecule has 0 spiro atoms. The second-order valence-electron chi connectivity index (χ2n) is 0.519. The van der Waals surface area contributed by atoms with E-state index in [0.29, 0.717) is 0 Å². The molecule has 0 aliphatic carbocycles. The summed E-state index contributed by atoms with van der Waals surface area (Å²) in [4.78, 5) is 9.00. The maximum atomic E-state index is 9.00. The molecule has 51 valence electrons. The lowest BCUT2D eigenvalue weighted by molar-refractivity contribution is -0.134. The van der Waals surface area contributed by atoms with Crippen LogP contribution in [0, 0.1) is 6.92 Å². The second kappa shape index (κ2) is 32.1. The molecule has 2 N–H and O–H groups in total. The van der Waals surface area contributed by atoms with Crippen molar-refractivity contribution >= 4 is 5.97 Å². The molecule has 0 aliphatic heterocycles. The van der Waals surface area contributed by atoms with Gasteiger partial charge in [-0.3, -0.25) is 4.79 Å². The molecule has 0 rings (SSSR count). The lowest BCUT2D eigenvalue weighted by Gasteiger charge is -1.59. The van der Waals surface area contributed by atoms with Crippen LogP contribution in [0.1, 0.15) is 13.8 Å². The molecule has 3 nitrogen and oxygen atoms in total. The summed E-state index contributed by atoms with van der Waals surface area (Å²) in [6, 6.07) is 0. The first-order valence-electron chi connectivity index (χ1n) is 2.08. The molecule has 8 heavy (non-hydrogen) atoms. The van der Waals surface area contributed by atoms with Crippen LogP contribution in [0.3, 0.4) is 0 Å². The van der Waals surface area contributed by atoms with Crippen LogP contribution >= 0.6 is 0 Å². The average molecular weight is 121 g/mol. The summed E-state index contributed by atoms with van der Waals surface area (Å²) < 4.78 is 0. The maximum absolute atomic E-state index is 9.00. The minimum absolute atomic E-state index is 0.833. The Morgan fingerprint density at radius 2 is 1.38 bits per heavy atom. The van der Waals surface area contributed by atoms with Gasteiger partial charge in [0.25, 0.3) is 5.97 Å². The van der Waals surface area contributed by atoms with Crippen molar-refractivity contribution in [2.45, 2.75) is 13.8 Å². The SMILES string of the molecule is CC(=O)O.CO.[CH2]C. The van der Waals surface area contributed by atoms with Crippen molar-refractivity contribution in [1.82, 2.24) is 0 Å². The number of aliphatic hydroxyl groups is 1. The summed E-state index contributed by atoms with van der Waals surface area (Å²) >= 11 is 0. The van der Waals surface area contributed by atoms with E-state index in [9.17, 15) is 0 Å². The minimum atomic E-state index is -0.833. The summed E-state index contributed by atoms with van der Waals surface area (Å²) in [5, 5.41) is 14.4. The predicted molar refractivity (Wildman–Crippen MR) is 32.5 cm³/mol. The summed E-state index contributed by atoms with van der Waals surface area (Å²) in [7, 11) is 1.00. The molecule has 0 bridgehead atoms. The summed E-state index contributed by atoms with van der Waals surface area (Å²) in [6.45, 7) is 6.08. The van der Waals surface area contributed by atoms with E-state index in [4.69, 9.17) is 15.0 Å². The number of carbonyl (C=O) groups is 1. The fourth-order valence-corrected chi connectivity index (χ4v) is 0. The molecule has 0 aromatic heterocycles. The first kappa shape index (κ1) is 15.7. The molecular formula is C5H13O3. The number of hydrogen-bond acceptors (Lipinski definition) is 2. The third kappa shape index (κ3) is 328. The molecule has 0 aromatic carbocycles. The number of aliphatic carboxylic acids is 1. The van der Waals surface area contributed by atoms with Gasteiger partial charge in [0.15, 0.2) is 0 Å². The molecule has 0 heterocycles. The van der Waals surface area contributed by atoms with Crippen LogP contribution in [0.4, 0.5) is 0 Å². The Kier molecular flexibility index (Phi) is 62.8.